The molecular weight excluding hydrogens is 196 g/mol. The zero-order chi connectivity index (χ0) is 10.8. The van der Waals surface area contributed by atoms with Gasteiger partial charge in [-0.25, -0.2) is 0 Å². The number of phenolic OH excluding ortho intramolecular Hbond substituents is 1. The van der Waals surface area contributed by atoms with E-state index in [0.29, 0.717) is 30.3 Å². The maximum absolute atomic E-state index is 9.92. The lowest BCUT2D eigenvalue weighted by molar-refractivity contribution is 0.164. The van der Waals surface area contributed by atoms with Gasteiger partial charge >= 0.3 is 0 Å². The monoisotopic (exact) mass is 210 g/mol. The van der Waals surface area contributed by atoms with Crippen LogP contribution in [-0.4, -0.2) is 30.0 Å². The van der Waals surface area contributed by atoms with Crippen molar-refractivity contribution in [1.29, 1.82) is 0 Å². The average molecular weight is 210 g/mol. The highest BCUT2D eigenvalue weighted by molar-refractivity contribution is 5.56. The smallest absolute Gasteiger partial charge is 0.203 e. The van der Waals surface area contributed by atoms with Crippen LogP contribution in [0, 0.1) is 0 Å². The van der Waals surface area contributed by atoms with Gasteiger partial charge in [0.1, 0.15) is 13.2 Å². The number of aliphatic hydroxyl groups excluding tert-OH is 1. The van der Waals surface area contributed by atoms with Crippen LogP contribution in [0.1, 0.15) is 18.4 Å². The van der Waals surface area contributed by atoms with Gasteiger partial charge in [0.05, 0.1) is 0 Å². The predicted octanol–water partition coefficient (Wildman–Crippen LogP) is 1.26. The second-order valence-corrected chi connectivity index (χ2v) is 3.61. The number of aliphatic hydroxyl groups is 1. The molecule has 1 aliphatic rings. The Bertz CT molecular complexity index is 362. The first-order chi connectivity index (χ1) is 7.24. The minimum atomic E-state index is -0.110. The van der Waals surface area contributed by atoms with Crippen molar-refractivity contribution in [3.63, 3.8) is 0 Å². The highest BCUT2D eigenvalue weighted by Crippen LogP contribution is 2.43. The standard InChI is InChI=1S/C11H14O4/c1-7(6-12)8-2-3-9-11(10(8)13)15-5-4-14-9/h2-3,7,12-13H,4-6H2,1H3. The minimum Gasteiger partial charge on any atom is -0.504 e. The van der Waals surface area contributed by atoms with E-state index in [-0.39, 0.29) is 18.3 Å². The summed E-state index contributed by atoms with van der Waals surface area (Å²) in [5.41, 5.74) is 0.682. The third kappa shape index (κ3) is 1.72. The van der Waals surface area contributed by atoms with Gasteiger partial charge in [-0.05, 0) is 6.07 Å². The Morgan fingerprint density at radius 3 is 2.80 bits per heavy atom. The molecule has 1 heterocycles. The second-order valence-electron chi connectivity index (χ2n) is 3.61. The molecule has 1 unspecified atom stereocenters. The fourth-order valence-electron chi connectivity index (χ4n) is 1.61. The van der Waals surface area contributed by atoms with E-state index < -0.39 is 0 Å². The topological polar surface area (TPSA) is 58.9 Å². The van der Waals surface area contributed by atoms with Crippen LogP contribution in [0.4, 0.5) is 0 Å². The fraction of sp³-hybridized carbons (Fsp3) is 0.455. The normalized spacial score (nSPS) is 16.1. The zero-order valence-electron chi connectivity index (χ0n) is 8.56. The van der Waals surface area contributed by atoms with E-state index in [1.807, 2.05) is 6.92 Å². The van der Waals surface area contributed by atoms with E-state index in [4.69, 9.17) is 14.6 Å². The number of rotatable bonds is 2. The van der Waals surface area contributed by atoms with Crippen LogP contribution in [0.3, 0.4) is 0 Å². The Balaban J connectivity index is 2.43. The molecule has 0 saturated carbocycles. The first kappa shape index (κ1) is 10.1. The number of hydrogen-bond acceptors (Lipinski definition) is 4. The molecule has 4 nitrogen and oxygen atoms in total. The van der Waals surface area contributed by atoms with Crippen LogP contribution < -0.4 is 9.47 Å². The largest absolute Gasteiger partial charge is 0.504 e. The van der Waals surface area contributed by atoms with Crippen LogP contribution in [0.25, 0.3) is 0 Å². The Morgan fingerprint density at radius 1 is 1.33 bits per heavy atom. The van der Waals surface area contributed by atoms with Crippen molar-refractivity contribution in [2.45, 2.75) is 12.8 Å². The maximum atomic E-state index is 9.92. The predicted molar refractivity (Wildman–Crippen MR) is 54.6 cm³/mol. The van der Waals surface area contributed by atoms with Gasteiger partial charge in [0.2, 0.25) is 5.75 Å². The van der Waals surface area contributed by atoms with E-state index in [9.17, 15) is 5.11 Å². The van der Waals surface area contributed by atoms with Gasteiger partial charge in [0.25, 0.3) is 0 Å². The quantitative estimate of drug-likeness (QED) is 0.771. The van der Waals surface area contributed by atoms with Crippen molar-refractivity contribution in [1.82, 2.24) is 0 Å². The van der Waals surface area contributed by atoms with E-state index >= 15 is 0 Å². The number of fused-ring (bicyclic) bond motifs is 1. The summed E-state index contributed by atoms with van der Waals surface area (Å²) >= 11 is 0. The lowest BCUT2D eigenvalue weighted by Gasteiger charge is -2.21. The first-order valence-corrected chi connectivity index (χ1v) is 4.96. The molecule has 1 aromatic rings. The summed E-state index contributed by atoms with van der Waals surface area (Å²) in [6.45, 7) is 2.77. The molecule has 0 amide bonds. The van der Waals surface area contributed by atoms with E-state index in [2.05, 4.69) is 0 Å². The molecule has 4 heteroatoms. The SMILES string of the molecule is CC(CO)c1ccc2c(c1O)OCCO2. The minimum absolute atomic E-state index is 0.00674. The third-order valence-electron chi connectivity index (χ3n) is 2.52. The molecule has 2 N–H and O–H groups in total. The molecule has 0 spiro atoms. The number of phenols is 1. The summed E-state index contributed by atoms with van der Waals surface area (Å²) in [4.78, 5) is 0. The summed E-state index contributed by atoms with van der Waals surface area (Å²) in [7, 11) is 0. The summed E-state index contributed by atoms with van der Waals surface area (Å²) < 4.78 is 10.7. The van der Waals surface area contributed by atoms with Crippen molar-refractivity contribution >= 4 is 0 Å². The molecule has 0 aliphatic carbocycles. The highest BCUT2D eigenvalue weighted by atomic mass is 16.6. The molecule has 0 radical (unpaired) electrons. The molecule has 1 aromatic carbocycles. The third-order valence-corrected chi connectivity index (χ3v) is 2.52. The number of ether oxygens (including phenoxy) is 2. The highest BCUT2D eigenvalue weighted by Gasteiger charge is 2.20. The van der Waals surface area contributed by atoms with Crippen LogP contribution in [0.15, 0.2) is 12.1 Å². The van der Waals surface area contributed by atoms with Crippen molar-refractivity contribution in [3.05, 3.63) is 17.7 Å². The van der Waals surface area contributed by atoms with Crippen molar-refractivity contribution in [2.75, 3.05) is 19.8 Å². The van der Waals surface area contributed by atoms with E-state index in [0.717, 1.165) is 0 Å². The fourth-order valence-corrected chi connectivity index (χ4v) is 1.61. The summed E-state index contributed by atoms with van der Waals surface area (Å²) in [6, 6.07) is 3.51. The van der Waals surface area contributed by atoms with Gasteiger partial charge in [-0.2, -0.15) is 0 Å². The summed E-state index contributed by atoms with van der Waals surface area (Å²) in [5, 5.41) is 19.0. The number of hydrogen-bond donors (Lipinski definition) is 2. The molecule has 0 aromatic heterocycles. The van der Waals surface area contributed by atoms with E-state index in [1.54, 1.807) is 12.1 Å². The van der Waals surface area contributed by atoms with Crippen LogP contribution in [0.2, 0.25) is 0 Å². The second kappa shape index (κ2) is 3.98. The lowest BCUT2D eigenvalue weighted by atomic mass is 10.00. The van der Waals surface area contributed by atoms with Crippen molar-refractivity contribution in [3.8, 4) is 17.2 Å². The van der Waals surface area contributed by atoms with Crippen molar-refractivity contribution < 1.29 is 19.7 Å². The molecular formula is C11H14O4. The van der Waals surface area contributed by atoms with Gasteiger partial charge in [-0.3, -0.25) is 0 Å². The molecule has 2 rings (SSSR count). The molecule has 0 bridgehead atoms. The molecule has 15 heavy (non-hydrogen) atoms. The number of aromatic hydroxyl groups is 1. The molecule has 0 saturated heterocycles. The number of benzene rings is 1. The zero-order valence-corrected chi connectivity index (χ0v) is 8.56. The summed E-state index contributed by atoms with van der Waals surface area (Å²) in [6.07, 6.45) is 0. The van der Waals surface area contributed by atoms with Gasteiger partial charge in [0.15, 0.2) is 11.5 Å². The molecule has 82 valence electrons. The van der Waals surface area contributed by atoms with Crippen LogP contribution in [-0.2, 0) is 0 Å². The molecule has 1 aliphatic heterocycles. The average Bonchev–Trinajstić information content (AvgIpc) is 2.29. The maximum Gasteiger partial charge on any atom is 0.203 e. The van der Waals surface area contributed by atoms with Crippen molar-refractivity contribution in [2.24, 2.45) is 0 Å². The van der Waals surface area contributed by atoms with Gasteiger partial charge in [-0.1, -0.05) is 13.0 Å². The van der Waals surface area contributed by atoms with Gasteiger partial charge < -0.3 is 19.7 Å². The van der Waals surface area contributed by atoms with Gasteiger partial charge in [0, 0.05) is 18.1 Å². The summed E-state index contributed by atoms with van der Waals surface area (Å²) in [5.74, 6) is 0.918. The first-order valence-electron chi connectivity index (χ1n) is 4.96. The Labute approximate surface area is 88.1 Å². The Hall–Kier alpha value is -1.42. The Kier molecular flexibility index (Phi) is 2.68. The van der Waals surface area contributed by atoms with Crippen LogP contribution >= 0.6 is 0 Å². The van der Waals surface area contributed by atoms with E-state index in [1.165, 1.54) is 0 Å². The van der Waals surface area contributed by atoms with Gasteiger partial charge in [-0.15, -0.1) is 0 Å². The lowest BCUT2D eigenvalue weighted by Crippen LogP contribution is -2.16. The Morgan fingerprint density at radius 2 is 2.07 bits per heavy atom. The van der Waals surface area contributed by atoms with Crippen LogP contribution in [0.5, 0.6) is 17.2 Å². The molecule has 1 atom stereocenters. The molecule has 0 fully saturated rings.